The first-order chi connectivity index (χ1) is 7.40. The van der Waals surface area contributed by atoms with Gasteiger partial charge in [0.1, 0.15) is 5.82 Å². The summed E-state index contributed by atoms with van der Waals surface area (Å²) in [4.78, 5) is 4.54. The van der Waals surface area contributed by atoms with Gasteiger partial charge in [0.2, 0.25) is 0 Å². The van der Waals surface area contributed by atoms with E-state index in [9.17, 15) is 0 Å². The van der Waals surface area contributed by atoms with Gasteiger partial charge in [-0.1, -0.05) is 0 Å². The van der Waals surface area contributed by atoms with Crippen LogP contribution in [0.25, 0.3) is 0 Å². The predicted octanol–water partition coefficient (Wildman–Crippen LogP) is 1.31. The summed E-state index contributed by atoms with van der Waals surface area (Å²) >= 11 is 2.01. The zero-order valence-electron chi connectivity index (χ0n) is 8.91. The fraction of sp³-hybridized carbons (Fsp3) is 0.800. The minimum atomic E-state index is 0.562. The standard InChI is InChI=1S/C10H18N4S/c11-5-1-4-9-12-10(14-13-9)8-3-2-6-15-7-8/h8H,1-7,11H2,(H,12,13,14). The first kappa shape index (κ1) is 11.0. The van der Waals surface area contributed by atoms with Gasteiger partial charge in [-0.2, -0.15) is 16.9 Å². The Bertz CT molecular complexity index is 293. The van der Waals surface area contributed by atoms with Crippen molar-refractivity contribution in [3.63, 3.8) is 0 Å². The maximum Gasteiger partial charge on any atom is 0.154 e. The lowest BCUT2D eigenvalue weighted by atomic mass is 10.1. The molecule has 0 radical (unpaired) electrons. The molecule has 2 rings (SSSR count). The molecule has 84 valence electrons. The van der Waals surface area contributed by atoms with E-state index in [1.165, 1.54) is 24.3 Å². The lowest BCUT2D eigenvalue weighted by molar-refractivity contribution is 0.625. The van der Waals surface area contributed by atoms with Gasteiger partial charge in [0.05, 0.1) is 0 Å². The molecule has 0 aromatic carbocycles. The molecule has 1 aliphatic heterocycles. The third-order valence-corrected chi connectivity index (χ3v) is 3.91. The molecule has 1 aromatic rings. The maximum absolute atomic E-state index is 5.46. The maximum atomic E-state index is 5.46. The first-order valence-corrected chi connectivity index (χ1v) is 6.74. The van der Waals surface area contributed by atoms with Crippen molar-refractivity contribution in [1.29, 1.82) is 0 Å². The largest absolute Gasteiger partial charge is 0.330 e. The summed E-state index contributed by atoms with van der Waals surface area (Å²) in [5.74, 6) is 5.03. The summed E-state index contributed by atoms with van der Waals surface area (Å²) in [6.07, 6.45) is 4.43. The molecule has 5 heteroatoms. The molecule has 1 aromatic heterocycles. The molecular weight excluding hydrogens is 208 g/mol. The lowest BCUT2D eigenvalue weighted by Crippen LogP contribution is -2.10. The third kappa shape index (κ3) is 2.95. The van der Waals surface area contributed by atoms with Gasteiger partial charge in [-0.25, -0.2) is 4.98 Å². The number of hydrogen-bond donors (Lipinski definition) is 2. The van der Waals surface area contributed by atoms with Crippen molar-refractivity contribution in [2.45, 2.75) is 31.6 Å². The SMILES string of the molecule is NCCCc1nc(C2CCCSC2)n[nH]1. The highest BCUT2D eigenvalue weighted by Crippen LogP contribution is 2.28. The second-order valence-electron chi connectivity index (χ2n) is 3.95. The molecule has 2 heterocycles. The van der Waals surface area contributed by atoms with Crippen molar-refractivity contribution >= 4 is 11.8 Å². The molecule has 1 atom stereocenters. The Kier molecular flexibility index (Phi) is 4.02. The lowest BCUT2D eigenvalue weighted by Gasteiger charge is -2.17. The van der Waals surface area contributed by atoms with Crippen LogP contribution in [0, 0.1) is 0 Å². The number of H-pyrrole nitrogens is 1. The highest BCUT2D eigenvalue weighted by molar-refractivity contribution is 7.99. The first-order valence-electron chi connectivity index (χ1n) is 5.59. The van der Waals surface area contributed by atoms with Crippen LogP contribution >= 0.6 is 11.8 Å². The number of rotatable bonds is 4. The van der Waals surface area contributed by atoms with Gasteiger partial charge >= 0.3 is 0 Å². The Morgan fingerprint density at radius 2 is 2.47 bits per heavy atom. The van der Waals surface area contributed by atoms with E-state index >= 15 is 0 Å². The molecule has 0 saturated carbocycles. The summed E-state index contributed by atoms with van der Waals surface area (Å²) in [5, 5.41) is 7.31. The molecule has 3 N–H and O–H groups in total. The molecule has 1 unspecified atom stereocenters. The van der Waals surface area contributed by atoms with Crippen LogP contribution in [0.4, 0.5) is 0 Å². The molecule has 1 saturated heterocycles. The Morgan fingerprint density at radius 1 is 1.53 bits per heavy atom. The molecule has 0 bridgehead atoms. The zero-order chi connectivity index (χ0) is 10.5. The van der Waals surface area contributed by atoms with E-state index in [2.05, 4.69) is 15.2 Å². The van der Waals surface area contributed by atoms with E-state index in [4.69, 9.17) is 5.73 Å². The summed E-state index contributed by atoms with van der Waals surface area (Å²) in [5.41, 5.74) is 5.46. The van der Waals surface area contributed by atoms with Crippen molar-refractivity contribution in [2.75, 3.05) is 18.1 Å². The quantitative estimate of drug-likeness (QED) is 0.812. The molecule has 0 amide bonds. The van der Waals surface area contributed by atoms with Crippen molar-refractivity contribution in [1.82, 2.24) is 15.2 Å². The van der Waals surface area contributed by atoms with E-state index in [0.29, 0.717) is 5.92 Å². The van der Waals surface area contributed by atoms with Crippen molar-refractivity contribution in [3.8, 4) is 0 Å². The van der Waals surface area contributed by atoms with Crippen molar-refractivity contribution in [2.24, 2.45) is 5.73 Å². The summed E-state index contributed by atoms with van der Waals surface area (Å²) in [7, 11) is 0. The van der Waals surface area contributed by atoms with Crippen LogP contribution in [0.3, 0.4) is 0 Å². The van der Waals surface area contributed by atoms with E-state index in [1.54, 1.807) is 0 Å². The number of nitrogens with one attached hydrogen (secondary N) is 1. The van der Waals surface area contributed by atoms with Gasteiger partial charge in [-0.3, -0.25) is 5.10 Å². The van der Waals surface area contributed by atoms with E-state index < -0.39 is 0 Å². The molecule has 0 aliphatic carbocycles. The van der Waals surface area contributed by atoms with Crippen LogP contribution in [0.2, 0.25) is 0 Å². The molecule has 0 spiro atoms. The Morgan fingerprint density at radius 3 is 3.20 bits per heavy atom. The number of hydrogen-bond acceptors (Lipinski definition) is 4. The van der Waals surface area contributed by atoms with E-state index in [1.807, 2.05) is 11.8 Å². The minimum Gasteiger partial charge on any atom is -0.330 e. The van der Waals surface area contributed by atoms with Gasteiger partial charge in [0.15, 0.2) is 5.82 Å². The van der Waals surface area contributed by atoms with E-state index in [-0.39, 0.29) is 0 Å². The van der Waals surface area contributed by atoms with E-state index in [0.717, 1.165) is 31.0 Å². The topological polar surface area (TPSA) is 67.6 Å². The van der Waals surface area contributed by atoms with Gasteiger partial charge in [-0.15, -0.1) is 0 Å². The predicted molar refractivity (Wildman–Crippen MR) is 63.1 cm³/mol. The highest BCUT2D eigenvalue weighted by Gasteiger charge is 2.19. The van der Waals surface area contributed by atoms with Gasteiger partial charge in [-0.05, 0) is 31.6 Å². The normalized spacial score (nSPS) is 21.8. The monoisotopic (exact) mass is 226 g/mol. The Balaban J connectivity index is 1.93. The number of thioether (sulfide) groups is 1. The van der Waals surface area contributed by atoms with Gasteiger partial charge < -0.3 is 5.73 Å². The van der Waals surface area contributed by atoms with Gasteiger partial charge in [0, 0.05) is 18.1 Å². The van der Waals surface area contributed by atoms with Crippen LogP contribution in [0.15, 0.2) is 0 Å². The summed E-state index contributed by atoms with van der Waals surface area (Å²) < 4.78 is 0. The third-order valence-electron chi connectivity index (χ3n) is 2.69. The van der Waals surface area contributed by atoms with Crippen LogP contribution < -0.4 is 5.73 Å². The Hall–Kier alpha value is -0.550. The summed E-state index contributed by atoms with van der Waals surface area (Å²) in [6, 6.07) is 0. The van der Waals surface area contributed by atoms with Gasteiger partial charge in [0.25, 0.3) is 0 Å². The average Bonchev–Trinajstić information content (AvgIpc) is 2.76. The summed E-state index contributed by atoms with van der Waals surface area (Å²) in [6.45, 7) is 0.718. The van der Waals surface area contributed by atoms with Crippen molar-refractivity contribution < 1.29 is 0 Å². The number of aryl methyl sites for hydroxylation is 1. The van der Waals surface area contributed by atoms with Crippen LogP contribution in [-0.4, -0.2) is 33.2 Å². The fourth-order valence-electron chi connectivity index (χ4n) is 1.82. The number of aromatic amines is 1. The second-order valence-corrected chi connectivity index (χ2v) is 5.10. The molecule has 4 nitrogen and oxygen atoms in total. The van der Waals surface area contributed by atoms with Crippen LogP contribution in [0.1, 0.15) is 36.8 Å². The highest BCUT2D eigenvalue weighted by atomic mass is 32.2. The molecular formula is C10H18N4S. The molecule has 1 aliphatic rings. The smallest absolute Gasteiger partial charge is 0.154 e. The Labute approximate surface area is 94.4 Å². The van der Waals surface area contributed by atoms with Crippen LogP contribution in [0.5, 0.6) is 0 Å². The van der Waals surface area contributed by atoms with Crippen molar-refractivity contribution in [3.05, 3.63) is 11.6 Å². The van der Waals surface area contributed by atoms with Crippen LogP contribution in [-0.2, 0) is 6.42 Å². The molecule has 15 heavy (non-hydrogen) atoms. The zero-order valence-corrected chi connectivity index (χ0v) is 9.72. The number of nitrogens with zero attached hydrogens (tertiary/aromatic N) is 2. The molecule has 1 fully saturated rings. The average molecular weight is 226 g/mol. The second kappa shape index (κ2) is 5.51. The number of nitrogens with two attached hydrogens (primary N) is 1. The minimum absolute atomic E-state index is 0.562. The fourth-order valence-corrected chi connectivity index (χ4v) is 2.96. The number of aromatic nitrogens is 3.